The van der Waals surface area contributed by atoms with Crippen LogP contribution in [0.5, 0.6) is 11.6 Å². The van der Waals surface area contributed by atoms with Crippen molar-refractivity contribution in [2.45, 2.75) is 46.2 Å². The van der Waals surface area contributed by atoms with Crippen LogP contribution in [-0.2, 0) is 6.54 Å². The molecule has 0 bridgehead atoms. The molecule has 0 spiro atoms. The first-order valence-corrected chi connectivity index (χ1v) is 12.4. The Balaban J connectivity index is 1.38. The molecule has 0 aliphatic carbocycles. The van der Waals surface area contributed by atoms with E-state index in [1.54, 1.807) is 10.6 Å². The van der Waals surface area contributed by atoms with E-state index >= 15 is 0 Å². The van der Waals surface area contributed by atoms with Gasteiger partial charge in [-0.25, -0.2) is 9.97 Å². The number of aryl methyl sites for hydroxylation is 1. The zero-order valence-electron chi connectivity index (χ0n) is 20.6. The van der Waals surface area contributed by atoms with Crippen molar-refractivity contribution in [3.8, 4) is 22.8 Å². The monoisotopic (exact) mass is 468 g/mol. The van der Waals surface area contributed by atoms with Crippen molar-refractivity contribution in [2.75, 3.05) is 13.1 Å². The largest absolute Gasteiger partial charge is 0.439 e. The van der Waals surface area contributed by atoms with Crippen molar-refractivity contribution in [1.29, 1.82) is 0 Å². The molecule has 6 nitrogen and oxygen atoms in total. The Bertz CT molecular complexity index is 1360. The number of aromatic nitrogens is 3. The van der Waals surface area contributed by atoms with Crippen LogP contribution in [0.2, 0.25) is 0 Å². The molecule has 3 heterocycles. The number of piperidine rings is 1. The first-order valence-electron chi connectivity index (χ1n) is 12.4. The second kappa shape index (κ2) is 10.0. The molecule has 0 N–H and O–H groups in total. The lowest BCUT2D eigenvalue weighted by molar-refractivity contribution is 0.129. The maximum absolute atomic E-state index is 13.4. The van der Waals surface area contributed by atoms with Crippen LogP contribution < -0.4 is 10.3 Å². The maximum atomic E-state index is 13.4. The van der Waals surface area contributed by atoms with E-state index in [9.17, 15) is 4.79 Å². The summed E-state index contributed by atoms with van der Waals surface area (Å²) in [5.41, 5.74) is 3.12. The van der Waals surface area contributed by atoms with Gasteiger partial charge in [-0.05, 0) is 75.4 Å². The lowest BCUT2D eigenvalue weighted by Crippen LogP contribution is -2.42. The van der Waals surface area contributed by atoms with Gasteiger partial charge >= 0.3 is 0 Å². The minimum atomic E-state index is -0.0981. The standard InChI is InChI=1S/C29H32N4O2/c1-20(2)32-17-7-8-22(18-32)19-33-21(3)30-26-15-16-27(31-28(26)29(33)34)35-25-13-11-24(12-14-25)23-9-5-4-6-10-23/h4-6,9-16,20,22H,7-8,17-19H2,1-3H3/t22-/m0/s1. The number of nitrogens with zero attached hydrogens (tertiary/aromatic N) is 4. The number of likely N-dealkylation sites (tertiary alicyclic amines) is 1. The van der Waals surface area contributed by atoms with Crippen molar-refractivity contribution >= 4 is 11.0 Å². The molecule has 1 aliphatic heterocycles. The molecule has 2 aromatic heterocycles. The normalized spacial score (nSPS) is 16.6. The molecular formula is C29H32N4O2. The molecule has 0 unspecified atom stereocenters. The van der Waals surface area contributed by atoms with Crippen molar-refractivity contribution in [3.05, 3.63) is 82.9 Å². The fraction of sp³-hybridized carbons (Fsp3) is 0.345. The summed E-state index contributed by atoms with van der Waals surface area (Å²) in [6, 6.07) is 22.2. The van der Waals surface area contributed by atoms with Crippen molar-refractivity contribution in [2.24, 2.45) is 5.92 Å². The second-order valence-electron chi connectivity index (χ2n) is 9.68. The molecule has 0 radical (unpaired) electrons. The summed E-state index contributed by atoms with van der Waals surface area (Å²) in [5, 5.41) is 0. The minimum Gasteiger partial charge on any atom is -0.439 e. The number of fused-ring (bicyclic) bond motifs is 1. The van der Waals surface area contributed by atoms with Gasteiger partial charge in [-0.15, -0.1) is 0 Å². The summed E-state index contributed by atoms with van der Waals surface area (Å²) in [4.78, 5) is 25.2. The molecule has 0 saturated carbocycles. The Hall–Kier alpha value is -3.51. The van der Waals surface area contributed by atoms with Gasteiger partial charge in [-0.2, -0.15) is 0 Å². The summed E-state index contributed by atoms with van der Waals surface area (Å²) in [7, 11) is 0. The molecule has 5 rings (SSSR count). The van der Waals surface area contributed by atoms with E-state index in [0.717, 1.165) is 42.9 Å². The topological polar surface area (TPSA) is 60.3 Å². The molecule has 6 heteroatoms. The van der Waals surface area contributed by atoms with E-state index in [4.69, 9.17) is 4.74 Å². The number of ether oxygens (including phenoxy) is 1. The van der Waals surface area contributed by atoms with Crippen LogP contribution in [0.3, 0.4) is 0 Å². The van der Waals surface area contributed by atoms with Gasteiger partial charge in [-0.1, -0.05) is 42.5 Å². The van der Waals surface area contributed by atoms with Gasteiger partial charge in [0.15, 0.2) is 5.52 Å². The van der Waals surface area contributed by atoms with Gasteiger partial charge in [0, 0.05) is 25.2 Å². The highest BCUT2D eigenvalue weighted by Crippen LogP contribution is 2.26. The average Bonchev–Trinajstić information content (AvgIpc) is 2.88. The molecule has 180 valence electrons. The third kappa shape index (κ3) is 5.13. The van der Waals surface area contributed by atoms with Gasteiger partial charge in [0.2, 0.25) is 5.88 Å². The van der Waals surface area contributed by atoms with Crippen LogP contribution in [0.15, 0.2) is 71.5 Å². The summed E-state index contributed by atoms with van der Waals surface area (Å²) >= 11 is 0. The van der Waals surface area contributed by atoms with Gasteiger partial charge in [-0.3, -0.25) is 9.36 Å². The van der Waals surface area contributed by atoms with E-state index < -0.39 is 0 Å². The van der Waals surface area contributed by atoms with E-state index in [1.807, 2.05) is 55.5 Å². The van der Waals surface area contributed by atoms with Crippen LogP contribution in [0.1, 0.15) is 32.5 Å². The highest BCUT2D eigenvalue weighted by molar-refractivity contribution is 5.73. The second-order valence-corrected chi connectivity index (χ2v) is 9.68. The summed E-state index contributed by atoms with van der Waals surface area (Å²) < 4.78 is 7.79. The van der Waals surface area contributed by atoms with Crippen LogP contribution in [0, 0.1) is 12.8 Å². The predicted molar refractivity (Wildman–Crippen MR) is 140 cm³/mol. The predicted octanol–water partition coefficient (Wildman–Crippen LogP) is 5.68. The third-order valence-corrected chi connectivity index (χ3v) is 6.87. The molecule has 4 aromatic rings. The number of rotatable bonds is 6. The van der Waals surface area contributed by atoms with Crippen molar-refractivity contribution in [3.63, 3.8) is 0 Å². The Labute approximate surface area is 206 Å². The van der Waals surface area contributed by atoms with Crippen molar-refractivity contribution < 1.29 is 4.74 Å². The molecule has 1 fully saturated rings. The Morgan fingerprint density at radius 3 is 2.46 bits per heavy atom. The molecule has 1 aliphatic rings. The van der Waals surface area contributed by atoms with E-state index in [-0.39, 0.29) is 5.56 Å². The molecule has 1 atom stereocenters. The van der Waals surface area contributed by atoms with Crippen molar-refractivity contribution in [1.82, 2.24) is 19.4 Å². The fourth-order valence-electron chi connectivity index (χ4n) is 4.90. The van der Waals surface area contributed by atoms with Gasteiger partial charge < -0.3 is 9.64 Å². The summed E-state index contributed by atoms with van der Waals surface area (Å²) in [5.74, 6) is 2.23. The molecule has 2 aromatic carbocycles. The first kappa shape index (κ1) is 23.2. The minimum absolute atomic E-state index is 0.0981. The number of hydrogen-bond acceptors (Lipinski definition) is 5. The van der Waals surface area contributed by atoms with Gasteiger partial charge in [0.1, 0.15) is 11.6 Å². The Morgan fingerprint density at radius 1 is 0.971 bits per heavy atom. The van der Waals surface area contributed by atoms with Crippen LogP contribution >= 0.6 is 0 Å². The lowest BCUT2D eigenvalue weighted by atomic mass is 9.97. The SMILES string of the molecule is Cc1nc2ccc(Oc3ccc(-c4ccccc4)cc3)nc2c(=O)n1C[C@H]1CCCN(C(C)C)C1. The van der Waals surface area contributed by atoms with Crippen LogP contribution in [-0.4, -0.2) is 38.6 Å². The highest BCUT2D eigenvalue weighted by atomic mass is 16.5. The Morgan fingerprint density at radius 2 is 1.71 bits per heavy atom. The van der Waals surface area contributed by atoms with E-state index in [0.29, 0.717) is 41.2 Å². The smallest absolute Gasteiger partial charge is 0.280 e. The first-order chi connectivity index (χ1) is 17.0. The fourth-order valence-corrected chi connectivity index (χ4v) is 4.90. The summed E-state index contributed by atoms with van der Waals surface area (Å²) in [6.07, 6.45) is 2.29. The van der Waals surface area contributed by atoms with E-state index in [1.165, 1.54) is 0 Å². The van der Waals surface area contributed by atoms with E-state index in [2.05, 4.69) is 40.8 Å². The molecule has 1 saturated heterocycles. The lowest BCUT2D eigenvalue weighted by Gasteiger charge is -2.35. The number of benzene rings is 2. The quantitative estimate of drug-likeness (QED) is 0.364. The van der Waals surface area contributed by atoms with Gasteiger partial charge in [0.05, 0.1) is 5.52 Å². The van der Waals surface area contributed by atoms with Gasteiger partial charge in [0.25, 0.3) is 5.56 Å². The average molecular weight is 469 g/mol. The summed E-state index contributed by atoms with van der Waals surface area (Å²) in [6.45, 7) is 9.19. The zero-order valence-corrected chi connectivity index (χ0v) is 20.6. The van der Waals surface area contributed by atoms with Crippen LogP contribution in [0.25, 0.3) is 22.2 Å². The Kier molecular flexibility index (Phi) is 6.64. The number of pyridine rings is 1. The number of hydrogen-bond donors (Lipinski definition) is 0. The van der Waals surface area contributed by atoms with Crippen LogP contribution in [0.4, 0.5) is 0 Å². The third-order valence-electron chi connectivity index (χ3n) is 6.87. The molecule has 0 amide bonds. The maximum Gasteiger partial charge on any atom is 0.280 e. The molecule has 35 heavy (non-hydrogen) atoms. The highest BCUT2D eigenvalue weighted by Gasteiger charge is 2.23. The zero-order chi connectivity index (χ0) is 24.4. The molecular weight excluding hydrogens is 436 g/mol.